The van der Waals surface area contributed by atoms with Gasteiger partial charge in [0, 0.05) is 13.1 Å². The summed E-state index contributed by atoms with van der Waals surface area (Å²) in [6.07, 6.45) is -0.523. The first-order valence-corrected chi connectivity index (χ1v) is 7.53. The van der Waals surface area contributed by atoms with Crippen LogP contribution in [0.15, 0.2) is 30.3 Å². The second kappa shape index (κ2) is 7.83. The lowest BCUT2D eigenvalue weighted by Gasteiger charge is -2.21. The van der Waals surface area contributed by atoms with Crippen LogP contribution in [-0.4, -0.2) is 39.0 Å². The maximum absolute atomic E-state index is 12.1. The van der Waals surface area contributed by atoms with E-state index in [4.69, 9.17) is 5.73 Å². The van der Waals surface area contributed by atoms with E-state index >= 15 is 0 Å². The number of nitrogens with one attached hydrogen (secondary N) is 1. The van der Waals surface area contributed by atoms with Crippen molar-refractivity contribution in [1.82, 2.24) is 9.03 Å². The van der Waals surface area contributed by atoms with Gasteiger partial charge in [-0.25, -0.2) is 9.52 Å². The molecule has 0 saturated heterocycles. The second-order valence-electron chi connectivity index (χ2n) is 4.06. The molecule has 1 aromatic rings. The van der Waals surface area contributed by atoms with E-state index in [1.54, 1.807) is 0 Å². The zero-order valence-corrected chi connectivity index (χ0v) is 12.1. The Kier molecular flexibility index (Phi) is 6.43. The maximum Gasteiger partial charge on any atom is 0.421 e. The van der Waals surface area contributed by atoms with Crippen LogP contribution in [0.4, 0.5) is 4.79 Å². The quantitative estimate of drug-likeness (QED) is 0.761. The summed E-state index contributed by atoms with van der Waals surface area (Å²) in [5, 5.41) is 0. The molecule has 0 aliphatic rings. The van der Waals surface area contributed by atoms with Crippen LogP contribution in [-0.2, 0) is 21.5 Å². The Balaban J connectivity index is 2.85. The van der Waals surface area contributed by atoms with Crippen molar-refractivity contribution in [3.05, 3.63) is 35.9 Å². The Bertz CT molecular complexity index is 519. The van der Waals surface area contributed by atoms with Crippen LogP contribution in [0.3, 0.4) is 0 Å². The monoisotopic (exact) mass is 301 g/mol. The fourth-order valence-corrected chi connectivity index (χ4v) is 2.66. The SMILES string of the molecule is COC(=O)NS(=O)(=O)N(CCCN)Cc1ccccc1. The molecule has 0 atom stereocenters. The Morgan fingerprint density at radius 2 is 2.00 bits per heavy atom. The molecule has 0 radical (unpaired) electrons. The molecule has 0 aliphatic heterocycles. The van der Waals surface area contributed by atoms with Crippen molar-refractivity contribution in [3.63, 3.8) is 0 Å². The minimum atomic E-state index is -3.95. The molecule has 0 heterocycles. The lowest BCUT2D eigenvalue weighted by molar-refractivity contribution is 0.177. The predicted molar refractivity (Wildman–Crippen MR) is 75.0 cm³/mol. The van der Waals surface area contributed by atoms with E-state index in [1.165, 1.54) is 0 Å². The molecule has 0 bridgehead atoms. The number of nitrogens with two attached hydrogens (primary N) is 1. The molecule has 7 nitrogen and oxygen atoms in total. The van der Waals surface area contributed by atoms with Crippen LogP contribution in [0.5, 0.6) is 0 Å². The Hall–Kier alpha value is -1.64. The third kappa shape index (κ3) is 5.16. The van der Waals surface area contributed by atoms with Gasteiger partial charge in [-0.1, -0.05) is 30.3 Å². The first kappa shape index (κ1) is 16.4. The molecule has 8 heteroatoms. The van der Waals surface area contributed by atoms with E-state index in [1.807, 2.05) is 35.1 Å². The topological polar surface area (TPSA) is 102 Å². The fraction of sp³-hybridized carbons (Fsp3) is 0.417. The second-order valence-corrected chi connectivity index (χ2v) is 5.73. The normalized spacial score (nSPS) is 11.3. The zero-order chi connectivity index (χ0) is 15.0. The van der Waals surface area contributed by atoms with Gasteiger partial charge in [-0.05, 0) is 18.5 Å². The van der Waals surface area contributed by atoms with Gasteiger partial charge in [0.15, 0.2) is 0 Å². The molecule has 0 aliphatic carbocycles. The van der Waals surface area contributed by atoms with Gasteiger partial charge in [-0.15, -0.1) is 0 Å². The van der Waals surface area contributed by atoms with Crippen LogP contribution in [0, 0.1) is 0 Å². The summed E-state index contributed by atoms with van der Waals surface area (Å²) in [6, 6.07) is 9.09. The van der Waals surface area contributed by atoms with E-state index in [-0.39, 0.29) is 13.1 Å². The minimum Gasteiger partial charge on any atom is -0.452 e. The number of amides is 1. The lowest BCUT2D eigenvalue weighted by atomic mass is 10.2. The standard InChI is InChI=1S/C12H19N3O4S/c1-19-12(16)14-20(17,18)15(9-5-8-13)10-11-6-3-2-4-7-11/h2-4,6-7H,5,8-10,13H2,1H3,(H,14,16). The summed E-state index contributed by atoms with van der Waals surface area (Å²) >= 11 is 0. The van der Waals surface area contributed by atoms with Gasteiger partial charge >= 0.3 is 16.3 Å². The van der Waals surface area contributed by atoms with Crippen molar-refractivity contribution < 1.29 is 17.9 Å². The number of ether oxygens (including phenoxy) is 1. The van der Waals surface area contributed by atoms with E-state index in [9.17, 15) is 13.2 Å². The lowest BCUT2D eigenvalue weighted by Crippen LogP contribution is -2.43. The van der Waals surface area contributed by atoms with E-state index in [0.29, 0.717) is 13.0 Å². The average molecular weight is 301 g/mol. The summed E-state index contributed by atoms with van der Waals surface area (Å²) < 4.78 is 31.5. The zero-order valence-electron chi connectivity index (χ0n) is 11.3. The molecule has 1 aromatic carbocycles. The molecule has 112 valence electrons. The van der Waals surface area contributed by atoms with Gasteiger partial charge in [-0.3, -0.25) is 0 Å². The highest BCUT2D eigenvalue weighted by Crippen LogP contribution is 2.09. The first-order chi connectivity index (χ1) is 9.49. The van der Waals surface area contributed by atoms with Crippen LogP contribution < -0.4 is 10.5 Å². The highest BCUT2D eigenvalue weighted by Gasteiger charge is 2.24. The molecule has 0 fully saturated rings. The van der Waals surface area contributed by atoms with Crippen molar-refractivity contribution in [2.24, 2.45) is 5.73 Å². The largest absolute Gasteiger partial charge is 0.452 e. The molecule has 20 heavy (non-hydrogen) atoms. The Morgan fingerprint density at radius 1 is 1.35 bits per heavy atom. The highest BCUT2D eigenvalue weighted by atomic mass is 32.2. The number of benzene rings is 1. The first-order valence-electron chi connectivity index (χ1n) is 6.09. The van der Waals surface area contributed by atoms with Crippen LogP contribution in [0.2, 0.25) is 0 Å². The number of methoxy groups -OCH3 is 1. The third-order valence-electron chi connectivity index (χ3n) is 2.55. The molecular formula is C12H19N3O4S. The summed E-state index contributed by atoms with van der Waals surface area (Å²) in [4.78, 5) is 11.1. The number of carbonyl (C=O) groups excluding carboxylic acids is 1. The van der Waals surface area contributed by atoms with Gasteiger partial charge in [0.25, 0.3) is 0 Å². The maximum atomic E-state index is 12.1. The summed E-state index contributed by atoms with van der Waals surface area (Å²) in [7, 11) is -2.85. The van der Waals surface area contributed by atoms with E-state index in [0.717, 1.165) is 17.0 Å². The van der Waals surface area contributed by atoms with Crippen molar-refractivity contribution in [1.29, 1.82) is 0 Å². The number of nitrogens with zero attached hydrogens (tertiary/aromatic N) is 1. The summed E-state index contributed by atoms with van der Waals surface area (Å²) in [5.74, 6) is 0. The molecule has 3 N–H and O–H groups in total. The van der Waals surface area contributed by atoms with Gasteiger partial charge in [0.2, 0.25) is 0 Å². The van der Waals surface area contributed by atoms with E-state index in [2.05, 4.69) is 4.74 Å². The summed E-state index contributed by atoms with van der Waals surface area (Å²) in [6.45, 7) is 0.740. The van der Waals surface area contributed by atoms with Gasteiger partial charge in [0.1, 0.15) is 0 Å². The van der Waals surface area contributed by atoms with Crippen molar-refractivity contribution in [2.75, 3.05) is 20.2 Å². The van der Waals surface area contributed by atoms with Crippen LogP contribution >= 0.6 is 0 Å². The highest BCUT2D eigenvalue weighted by molar-refractivity contribution is 7.87. The Morgan fingerprint density at radius 3 is 2.55 bits per heavy atom. The molecule has 0 aromatic heterocycles. The van der Waals surface area contributed by atoms with Gasteiger partial charge in [-0.2, -0.15) is 12.7 Å². The molecule has 1 rings (SSSR count). The smallest absolute Gasteiger partial charge is 0.421 e. The molecular weight excluding hydrogens is 282 g/mol. The number of rotatable bonds is 7. The minimum absolute atomic E-state index is 0.160. The van der Waals surface area contributed by atoms with E-state index < -0.39 is 16.3 Å². The van der Waals surface area contributed by atoms with Gasteiger partial charge < -0.3 is 10.5 Å². The van der Waals surface area contributed by atoms with Gasteiger partial charge in [0.05, 0.1) is 7.11 Å². The molecule has 0 spiro atoms. The van der Waals surface area contributed by atoms with Crippen LogP contribution in [0.25, 0.3) is 0 Å². The average Bonchev–Trinajstić information content (AvgIpc) is 2.43. The number of hydrogen-bond acceptors (Lipinski definition) is 5. The van der Waals surface area contributed by atoms with Crippen molar-refractivity contribution in [3.8, 4) is 0 Å². The molecule has 0 unspecified atom stereocenters. The van der Waals surface area contributed by atoms with Crippen molar-refractivity contribution in [2.45, 2.75) is 13.0 Å². The summed E-state index contributed by atoms with van der Waals surface area (Å²) in [5.41, 5.74) is 6.23. The van der Waals surface area contributed by atoms with Crippen molar-refractivity contribution >= 4 is 16.3 Å². The molecule has 0 saturated carbocycles. The number of hydrogen-bond donors (Lipinski definition) is 2. The number of carbonyl (C=O) groups is 1. The predicted octanol–water partition coefficient (Wildman–Crippen LogP) is 0.438. The molecule has 1 amide bonds. The third-order valence-corrected chi connectivity index (χ3v) is 3.97. The fourth-order valence-electron chi connectivity index (χ4n) is 1.55. The Labute approximate surface area is 118 Å². The van der Waals surface area contributed by atoms with Crippen LogP contribution in [0.1, 0.15) is 12.0 Å².